The van der Waals surface area contributed by atoms with E-state index in [2.05, 4.69) is 0 Å². The van der Waals surface area contributed by atoms with Crippen LogP contribution >= 0.6 is 11.6 Å². The molecule has 1 rings (SSSR count). The number of aryl methyl sites for hydroxylation is 2. The predicted molar refractivity (Wildman–Crippen MR) is 80.1 cm³/mol. The van der Waals surface area contributed by atoms with Gasteiger partial charge >= 0.3 is 0 Å². The molecule has 0 spiro atoms. The molecule has 2 N–H and O–H groups in total. The van der Waals surface area contributed by atoms with Gasteiger partial charge in [-0.05, 0) is 62.9 Å². The fourth-order valence-corrected chi connectivity index (χ4v) is 1.94. The molecule has 0 amide bonds. The number of hydrogen-bond acceptors (Lipinski definition) is 3. The van der Waals surface area contributed by atoms with Crippen molar-refractivity contribution in [3.8, 4) is 5.75 Å². The molecule has 0 saturated carbocycles. The van der Waals surface area contributed by atoms with Crippen LogP contribution < -0.4 is 10.5 Å². The van der Waals surface area contributed by atoms with Crippen LogP contribution in [0.4, 0.5) is 0 Å². The second kappa shape index (κ2) is 9.18. The van der Waals surface area contributed by atoms with Gasteiger partial charge in [-0.25, -0.2) is 0 Å². The number of rotatable bonds is 9. The summed E-state index contributed by atoms with van der Waals surface area (Å²) < 4.78 is 11.1. The van der Waals surface area contributed by atoms with Gasteiger partial charge in [0.15, 0.2) is 0 Å². The van der Waals surface area contributed by atoms with Crippen LogP contribution in [0.3, 0.4) is 0 Å². The van der Waals surface area contributed by atoms with E-state index in [1.165, 1.54) is 0 Å². The molecule has 0 saturated heterocycles. The third-order valence-corrected chi connectivity index (χ3v) is 3.50. The van der Waals surface area contributed by atoms with Gasteiger partial charge < -0.3 is 15.2 Å². The Morgan fingerprint density at radius 1 is 1.00 bits per heavy atom. The molecule has 0 aromatic heterocycles. The van der Waals surface area contributed by atoms with Crippen LogP contribution in [0.25, 0.3) is 0 Å². The first kappa shape index (κ1) is 16.3. The predicted octanol–water partition coefficient (Wildman–Crippen LogP) is 3.48. The maximum Gasteiger partial charge on any atom is 0.120 e. The molecule has 4 heteroatoms. The summed E-state index contributed by atoms with van der Waals surface area (Å²) in [5.74, 6) is 0.853. The zero-order valence-electron chi connectivity index (χ0n) is 11.9. The highest BCUT2D eigenvalue weighted by atomic mass is 35.5. The van der Waals surface area contributed by atoms with E-state index in [-0.39, 0.29) is 0 Å². The molecule has 0 radical (unpaired) electrons. The lowest BCUT2D eigenvalue weighted by Crippen LogP contribution is -2.08. The highest BCUT2D eigenvalue weighted by molar-refractivity contribution is 6.32. The molecule has 0 aliphatic carbocycles. The van der Waals surface area contributed by atoms with Crippen molar-refractivity contribution in [3.05, 3.63) is 28.3 Å². The summed E-state index contributed by atoms with van der Waals surface area (Å²) in [7, 11) is 0. The molecule has 0 heterocycles. The Morgan fingerprint density at radius 3 is 2.32 bits per heavy atom. The molecule has 19 heavy (non-hydrogen) atoms. The quantitative estimate of drug-likeness (QED) is 0.707. The van der Waals surface area contributed by atoms with Crippen LogP contribution in [0.5, 0.6) is 5.75 Å². The van der Waals surface area contributed by atoms with E-state index < -0.39 is 0 Å². The van der Waals surface area contributed by atoms with E-state index in [1.54, 1.807) is 0 Å². The van der Waals surface area contributed by atoms with Crippen molar-refractivity contribution < 1.29 is 9.47 Å². The average Bonchev–Trinajstić information content (AvgIpc) is 2.39. The second-order valence-electron chi connectivity index (χ2n) is 4.68. The highest BCUT2D eigenvalue weighted by Gasteiger charge is 2.03. The topological polar surface area (TPSA) is 44.5 Å². The number of nitrogens with two attached hydrogens (primary N) is 1. The van der Waals surface area contributed by atoms with Crippen LogP contribution in [0, 0.1) is 13.8 Å². The summed E-state index contributed by atoms with van der Waals surface area (Å²) in [6.45, 7) is 6.69. The third kappa shape index (κ3) is 6.28. The SMILES string of the molecule is Cc1cc(OCCOCCCCCN)cc(C)c1Cl. The molecule has 1 aromatic carbocycles. The van der Waals surface area contributed by atoms with Gasteiger partial charge in [-0.15, -0.1) is 0 Å². The first-order valence-corrected chi connectivity index (χ1v) is 7.20. The summed E-state index contributed by atoms with van der Waals surface area (Å²) in [4.78, 5) is 0. The van der Waals surface area contributed by atoms with Gasteiger partial charge in [0.1, 0.15) is 12.4 Å². The maximum atomic E-state index is 6.10. The lowest BCUT2D eigenvalue weighted by Gasteiger charge is -2.10. The van der Waals surface area contributed by atoms with E-state index in [0.717, 1.165) is 54.3 Å². The van der Waals surface area contributed by atoms with Crippen LogP contribution in [0.15, 0.2) is 12.1 Å². The third-order valence-electron chi connectivity index (χ3n) is 2.90. The number of halogens is 1. The van der Waals surface area contributed by atoms with Gasteiger partial charge in [-0.3, -0.25) is 0 Å². The average molecular weight is 286 g/mol. The Hall–Kier alpha value is -0.770. The lowest BCUT2D eigenvalue weighted by atomic mass is 10.1. The summed E-state index contributed by atoms with van der Waals surface area (Å²) in [5, 5.41) is 0.809. The van der Waals surface area contributed by atoms with Crippen LogP contribution in [0.1, 0.15) is 30.4 Å². The Kier molecular flexibility index (Phi) is 7.87. The van der Waals surface area contributed by atoms with Crippen molar-refractivity contribution >= 4 is 11.6 Å². The monoisotopic (exact) mass is 285 g/mol. The molecule has 0 fully saturated rings. The Balaban J connectivity index is 2.16. The van der Waals surface area contributed by atoms with Crippen molar-refractivity contribution in [1.29, 1.82) is 0 Å². The fraction of sp³-hybridized carbons (Fsp3) is 0.600. The first-order valence-electron chi connectivity index (χ1n) is 6.82. The molecule has 0 atom stereocenters. The molecule has 0 aliphatic heterocycles. The van der Waals surface area contributed by atoms with Crippen LogP contribution in [0.2, 0.25) is 5.02 Å². The number of hydrogen-bond donors (Lipinski definition) is 1. The van der Waals surface area contributed by atoms with Crippen LogP contribution in [-0.4, -0.2) is 26.4 Å². The largest absolute Gasteiger partial charge is 0.491 e. The summed E-state index contributed by atoms with van der Waals surface area (Å²) in [5.41, 5.74) is 7.50. The normalized spacial score (nSPS) is 10.7. The molecule has 0 unspecified atom stereocenters. The second-order valence-corrected chi connectivity index (χ2v) is 5.06. The van der Waals surface area contributed by atoms with Gasteiger partial charge in [-0.2, -0.15) is 0 Å². The van der Waals surface area contributed by atoms with Gasteiger partial charge in [0.2, 0.25) is 0 Å². The summed E-state index contributed by atoms with van der Waals surface area (Å²) in [6, 6.07) is 3.91. The van der Waals surface area contributed by atoms with Crippen molar-refractivity contribution in [2.75, 3.05) is 26.4 Å². The molecular formula is C15H24ClNO2. The molecule has 0 aliphatic rings. The molecule has 1 aromatic rings. The van der Waals surface area contributed by atoms with E-state index in [9.17, 15) is 0 Å². The summed E-state index contributed by atoms with van der Waals surface area (Å²) >= 11 is 6.10. The van der Waals surface area contributed by atoms with Gasteiger partial charge in [0.25, 0.3) is 0 Å². The number of benzene rings is 1. The van der Waals surface area contributed by atoms with Crippen molar-refractivity contribution in [1.82, 2.24) is 0 Å². The highest BCUT2D eigenvalue weighted by Crippen LogP contribution is 2.25. The van der Waals surface area contributed by atoms with E-state index >= 15 is 0 Å². The summed E-state index contributed by atoms with van der Waals surface area (Å²) in [6.07, 6.45) is 3.27. The Bertz CT molecular complexity index is 359. The zero-order chi connectivity index (χ0) is 14.1. The van der Waals surface area contributed by atoms with Gasteiger partial charge in [-0.1, -0.05) is 11.6 Å². The molecule has 3 nitrogen and oxygen atoms in total. The molecule has 0 bridgehead atoms. The van der Waals surface area contributed by atoms with Gasteiger partial charge in [0, 0.05) is 11.6 Å². The minimum Gasteiger partial charge on any atom is -0.491 e. The van der Waals surface area contributed by atoms with Crippen LogP contribution in [-0.2, 0) is 4.74 Å². The lowest BCUT2D eigenvalue weighted by molar-refractivity contribution is 0.0972. The maximum absolute atomic E-state index is 6.10. The zero-order valence-corrected chi connectivity index (χ0v) is 12.6. The molecular weight excluding hydrogens is 262 g/mol. The van der Waals surface area contributed by atoms with E-state index in [4.69, 9.17) is 26.8 Å². The standard InChI is InChI=1S/C15H24ClNO2/c1-12-10-14(11-13(2)15(12)16)19-9-8-18-7-5-3-4-6-17/h10-11H,3-9,17H2,1-2H3. The number of unbranched alkanes of at least 4 members (excludes halogenated alkanes) is 2. The van der Waals surface area contributed by atoms with Crippen molar-refractivity contribution in [2.45, 2.75) is 33.1 Å². The van der Waals surface area contributed by atoms with E-state index in [0.29, 0.717) is 13.2 Å². The Morgan fingerprint density at radius 2 is 1.68 bits per heavy atom. The van der Waals surface area contributed by atoms with Gasteiger partial charge in [0.05, 0.1) is 6.61 Å². The minimum atomic E-state index is 0.567. The smallest absolute Gasteiger partial charge is 0.120 e. The first-order chi connectivity index (χ1) is 9.15. The van der Waals surface area contributed by atoms with Crippen molar-refractivity contribution in [2.24, 2.45) is 5.73 Å². The van der Waals surface area contributed by atoms with Crippen molar-refractivity contribution in [3.63, 3.8) is 0 Å². The Labute approximate surface area is 121 Å². The molecule has 108 valence electrons. The number of ether oxygens (including phenoxy) is 2. The van der Waals surface area contributed by atoms with E-state index in [1.807, 2.05) is 26.0 Å². The minimum absolute atomic E-state index is 0.567. The fourth-order valence-electron chi connectivity index (χ4n) is 1.84.